The maximum atomic E-state index is 13.0. The van der Waals surface area contributed by atoms with Crippen molar-refractivity contribution in [2.45, 2.75) is 25.4 Å². The van der Waals surface area contributed by atoms with E-state index in [1.165, 1.54) is 36.4 Å². The number of hydrogen-bond acceptors (Lipinski definition) is 5. The average molecular weight is 322 g/mol. The normalized spacial score (nSPS) is 18.5. The van der Waals surface area contributed by atoms with Crippen molar-refractivity contribution in [3.8, 4) is 0 Å². The summed E-state index contributed by atoms with van der Waals surface area (Å²) in [7, 11) is 1.54. The number of rotatable bonds is 6. The van der Waals surface area contributed by atoms with E-state index in [1.54, 1.807) is 6.92 Å². The number of hydrogen-bond donors (Lipinski definition) is 2. The molecule has 23 heavy (non-hydrogen) atoms. The SMILES string of the molecule is COCC(C)NC(=O)C1=NN(c2ccc(F)cc2)C(C(N)=O)C1. The molecule has 0 saturated carbocycles. The molecule has 1 aromatic carbocycles. The van der Waals surface area contributed by atoms with Crippen LogP contribution in [0.2, 0.25) is 0 Å². The average Bonchev–Trinajstić information content (AvgIpc) is 2.93. The molecule has 0 spiro atoms. The number of hydrazone groups is 1. The van der Waals surface area contributed by atoms with Crippen molar-refractivity contribution in [3.05, 3.63) is 30.1 Å². The lowest BCUT2D eigenvalue weighted by molar-refractivity contribution is -0.119. The van der Waals surface area contributed by atoms with Crippen LogP contribution >= 0.6 is 0 Å². The minimum absolute atomic E-state index is 0.0955. The molecule has 0 aromatic heterocycles. The zero-order valence-corrected chi connectivity index (χ0v) is 13.0. The minimum atomic E-state index is -0.779. The monoisotopic (exact) mass is 322 g/mol. The van der Waals surface area contributed by atoms with Gasteiger partial charge in [-0.25, -0.2) is 4.39 Å². The highest BCUT2D eigenvalue weighted by molar-refractivity contribution is 6.40. The molecule has 1 aliphatic rings. The van der Waals surface area contributed by atoms with Crippen molar-refractivity contribution in [1.29, 1.82) is 0 Å². The Kier molecular flexibility index (Phi) is 5.28. The van der Waals surface area contributed by atoms with Crippen LogP contribution in [0.4, 0.5) is 10.1 Å². The smallest absolute Gasteiger partial charge is 0.267 e. The standard InChI is InChI=1S/C15H19FN4O3/c1-9(8-23-2)18-15(22)12-7-13(14(17)21)20(19-12)11-5-3-10(16)4-6-11/h3-6,9,13H,7-8H2,1-2H3,(H2,17,21)(H,18,22). The molecule has 2 rings (SSSR count). The highest BCUT2D eigenvalue weighted by Crippen LogP contribution is 2.24. The van der Waals surface area contributed by atoms with Crippen LogP contribution in [0.5, 0.6) is 0 Å². The van der Waals surface area contributed by atoms with Crippen LogP contribution in [0.1, 0.15) is 13.3 Å². The summed E-state index contributed by atoms with van der Waals surface area (Å²) in [6.45, 7) is 2.15. The van der Waals surface area contributed by atoms with Crippen molar-refractivity contribution in [3.63, 3.8) is 0 Å². The van der Waals surface area contributed by atoms with Crippen molar-refractivity contribution in [2.24, 2.45) is 10.8 Å². The topological polar surface area (TPSA) is 97.0 Å². The van der Waals surface area contributed by atoms with E-state index in [0.717, 1.165) is 0 Å². The third-order valence-corrected chi connectivity index (χ3v) is 3.39. The first-order valence-electron chi connectivity index (χ1n) is 7.13. The summed E-state index contributed by atoms with van der Waals surface area (Å²) in [5.74, 6) is -1.39. The molecular formula is C15H19FN4O3. The summed E-state index contributed by atoms with van der Waals surface area (Å²) in [6, 6.07) is 4.48. The van der Waals surface area contributed by atoms with Crippen LogP contribution in [0.15, 0.2) is 29.4 Å². The number of anilines is 1. The van der Waals surface area contributed by atoms with Crippen molar-refractivity contribution < 1.29 is 18.7 Å². The van der Waals surface area contributed by atoms with Crippen LogP contribution in [0.3, 0.4) is 0 Å². The lowest BCUT2D eigenvalue weighted by Crippen LogP contribution is -2.41. The number of nitrogens with one attached hydrogen (secondary N) is 1. The first-order valence-corrected chi connectivity index (χ1v) is 7.13. The van der Waals surface area contributed by atoms with Crippen LogP contribution < -0.4 is 16.1 Å². The summed E-state index contributed by atoms with van der Waals surface area (Å²) in [6.07, 6.45) is 0.0955. The minimum Gasteiger partial charge on any atom is -0.383 e. The Labute approximate surface area is 133 Å². The Morgan fingerprint density at radius 3 is 2.70 bits per heavy atom. The summed E-state index contributed by atoms with van der Waals surface area (Å²) >= 11 is 0. The van der Waals surface area contributed by atoms with Crippen LogP contribution in [-0.4, -0.2) is 43.3 Å². The van der Waals surface area contributed by atoms with Crippen molar-refractivity contribution in [2.75, 3.05) is 18.7 Å². The maximum absolute atomic E-state index is 13.0. The van der Waals surface area contributed by atoms with Gasteiger partial charge in [-0.05, 0) is 31.2 Å². The maximum Gasteiger partial charge on any atom is 0.267 e. The number of benzene rings is 1. The number of nitrogens with zero attached hydrogens (tertiary/aromatic N) is 2. The molecule has 2 unspecified atom stereocenters. The van der Waals surface area contributed by atoms with Gasteiger partial charge in [0.25, 0.3) is 5.91 Å². The molecule has 1 aliphatic heterocycles. The molecular weight excluding hydrogens is 303 g/mol. The van der Waals surface area contributed by atoms with Gasteiger partial charge in [0.2, 0.25) is 5.91 Å². The van der Waals surface area contributed by atoms with E-state index in [2.05, 4.69) is 10.4 Å². The summed E-state index contributed by atoms with van der Waals surface area (Å²) in [5.41, 5.74) is 6.07. The molecule has 0 saturated heterocycles. The number of ether oxygens (including phenoxy) is 1. The van der Waals surface area contributed by atoms with Gasteiger partial charge < -0.3 is 15.8 Å². The third kappa shape index (κ3) is 4.04. The number of primary amides is 1. The summed E-state index contributed by atoms with van der Waals surface area (Å²) < 4.78 is 18.0. The predicted octanol–water partition coefficient (Wildman–Crippen LogP) is 0.397. The number of methoxy groups -OCH3 is 1. The molecule has 1 heterocycles. The number of nitrogens with two attached hydrogens (primary N) is 1. The van der Waals surface area contributed by atoms with E-state index in [9.17, 15) is 14.0 Å². The molecule has 3 N–H and O–H groups in total. The van der Waals surface area contributed by atoms with Gasteiger partial charge in [0.1, 0.15) is 17.6 Å². The van der Waals surface area contributed by atoms with Gasteiger partial charge in [0.15, 0.2) is 0 Å². The first-order chi connectivity index (χ1) is 10.9. The Hall–Kier alpha value is -2.48. The highest BCUT2D eigenvalue weighted by Gasteiger charge is 2.35. The van der Waals surface area contributed by atoms with Crippen LogP contribution in [-0.2, 0) is 14.3 Å². The summed E-state index contributed by atoms with van der Waals surface area (Å²) in [4.78, 5) is 23.8. The lowest BCUT2D eigenvalue weighted by Gasteiger charge is -2.20. The van der Waals surface area contributed by atoms with Crippen molar-refractivity contribution >= 4 is 23.2 Å². The number of amides is 2. The molecule has 0 fully saturated rings. The highest BCUT2D eigenvalue weighted by atomic mass is 19.1. The van der Waals surface area contributed by atoms with Gasteiger partial charge in [0.05, 0.1) is 12.3 Å². The molecule has 0 aliphatic carbocycles. The van der Waals surface area contributed by atoms with Crippen LogP contribution in [0, 0.1) is 5.82 Å². The quantitative estimate of drug-likeness (QED) is 0.792. The zero-order chi connectivity index (χ0) is 17.0. The predicted molar refractivity (Wildman–Crippen MR) is 83.4 cm³/mol. The summed E-state index contributed by atoms with van der Waals surface area (Å²) in [5, 5.41) is 8.25. The largest absolute Gasteiger partial charge is 0.383 e. The van der Waals surface area contributed by atoms with Gasteiger partial charge in [-0.2, -0.15) is 5.10 Å². The second-order valence-electron chi connectivity index (χ2n) is 5.32. The fourth-order valence-electron chi connectivity index (χ4n) is 2.30. The van der Waals surface area contributed by atoms with Gasteiger partial charge in [-0.1, -0.05) is 0 Å². The van der Waals surface area contributed by atoms with Crippen molar-refractivity contribution in [1.82, 2.24) is 5.32 Å². The number of carbonyl (C=O) groups excluding carboxylic acids is 2. The Morgan fingerprint density at radius 1 is 1.48 bits per heavy atom. The molecule has 0 bridgehead atoms. The number of carbonyl (C=O) groups is 2. The van der Waals surface area contributed by atoms with Gasteiger partial charge in [-0.15, -0.1) is 0 Å². The first kappa shape index (κ1) is 16.9. The Morgan fingerprint density at radius 2 is 2.13 bits per heavy atom. The zero-order valence-electron chi connectivity index (χ0n) is 13.0. The molecule has 124 valence electrons. The fraction of sp³-hybridized carbons (Fsp3) is 0.400. The third-order valence-electron chi connectivity index (χ3n) is 3.39. The van der Waals surface area contributed by atoms with E-state index in [-0.39, 0.29) is 24.1 Å². The van der Waals surface area contributed by atoms with Gasteiger partial charge in [0, 0.05) is 19.6 Å². The molecule has 2 atom stereocenters. The fourth-order valence-corrected chi connectivity index (χ4v) is 2.30. The van der Waals surface area contributed by atoms with E-state index >= 15 is 0 Å². The van der Waals surface area contributed by atoms with E-state index in [4.69, 9.17) is 10.5 Å². The second kappa shape index (κ2) is 7.19. The molecule has 8 heteroatoms. The molecule has 1 aromatic rings. The van der Waals surface area contributed by atoms with E-state index < -0.39 is 17.8 Å². The van der Waals surface area contributed by atoms with E-state index in [0.29, 0.717) is 12.3 Å². The van der Waals surface area contributed by atoms with Gasteiger partial charge >= 0.3 is 0 Å². The Balaban J connectivity index is 2.19. The molecule has 0 radical (unpaired) electrons. The number of halogens is 1. The molecule has 7 nitrogen and oxygen atoms in total. The van der Waals surface area contributed by atoms with Crippen LogP contribution in [0.25, 0.3) is 0 Å². The van der Waals surface area contributed by atoms with Gasteiger partial charge in [-0.3, -0.25) is 14.6 Å². The van der Waals surface area contributed by atoms with E-state index in [1.807, 2.05) is 0 Å². The second-order valence-corrected chi connectivity index (χ2v) is 5.32. The Bertz CT molecular complexity index is 618. The molecule has 2 amide bonds. The lowest BCUT2D eigenvalue weighted by atomic mass is 10.1.